The molecule has 5 aromatic rings. The first-order valence-corrected chi connectivity index (χ1v) is 10.4. The van der Waals surface area contributed by atoms with E-state index in [9.17, 15) is 18.0 Å². The van der Waals surface area contributed by atoms with E-state index in [4.69, 9.17) is 4.52 Å². The number of pyridine rings is 1. The van der Waals surface area contributed by atoms with Crippen LogP contribution in [0.5, 0.6) is 0 Å². The van der Waals surface area contributed by atoms with Crippen molar-refractivity contribution in [1.29, 1.82) is 0 Å². The van der Waals surface area contributed by atoms with Gasteiger partial charge in [0.25, 0.3) is 5.91 Å². The normalized spacial score (nSPS) is 12.6. The number of carbonyl (C=O) groups excluding carboxylic acids is 1. The van der Waals surface area contributed by atoms with Crippen LogP contribution in [0.15, 0.2) is 65.7 Å². The van der Waals surface area contributed by atoms with Crippen molar-refractivity contribution in [3.8, 4) is 22.8 Å². The van der Waals surface area contributed by atoms with Gasteiger partial charge in [-0.15, -0.1) is 0 Å². The predicted molar refractivity (Wildman–Crippen MR) is 118 cm³/mol. The van der Waals surface area contributed by atoms with Gasteiger partial charge in [0.2, 0.25) is 5.76 Å². The second kappa shape index (κ2) is 8.63. The maximum Gasteiger partial charge on any atom is 0.416 e. The van der Waals surface area contributed by atoms with Crippen molar-refractivity contribution in [1.82, 2.24) is 35.4 Å². The number of alkyl halides is 3. The van der Waals surface area contributed by atoms with Crippen LogP contribution in [-0.2, 0) is 6.18 Å². The highest BCUT2D eigenvalue weighted by Gasteiger charge is 2.31. The Labute approximate surface area is 195 Å². The summed E-state index contributed by atoms with van der Waals surface area (Å²) in [5.41, 5.74) is 1.62. The van der Waals surface area contributed by atoms with Crippen molar-refractivity contribution in [2.45, 2.75) is 19.1 Å². The molecule has 5 rings (SSSR count). The van der Waals surface area contributed by atoms with Crippen LogP contribution in [0.3, 0.4) is 0 Å². The molecule has 2 N–H and O–H groups in total. The molecule has 0 bridgehead atoms. The van der Waals surface area contributed by atoms with Crippen molar-refractivity contribution in [2.24, 2.45) is 0 Å². The van der Waals surface area contributed by atoms with Crippen molar-refractivity contribution < 1.29 is 22.5 Å². The highest BCUT2D eigenvalue weighted by atomic mass is 19.4. The van der Waals surface area contributed by atoms with Crippen molar-refractivity contribution >= 4 is 16.9 Å². The molecule has 1 atom stereocenters. The van der Waals surface area contributed by atoms with Crippen LogP contribution < -0.4 is 5.32 Å². The molecule has 1 amide bonds. The average Bonchev–Trinajstić information content (AvgIpc) is 3.51. The van der Waals surface area contributed by atoms with Crippen LogP contribution >= 0.6 is 0 Å². The number of hydrogen-bond acceptors (Lipinski definition) is 7. The quantitative estimate of drug-likeness (QED) is 0.378. The fraction of sp³-hybridized carbons (Fsp3) is 0.130. The van der Waals surface area contributed by atoms with Gasteiger partial charge in [0.1, 0.15) is 17.7 Å². The minimum atomic E-state index is -4.46. The number of fused-ring (bicyclic) bond motifs is 1. The second-order valence-electron chi connectivity index (χ2n) is 7.66. The third-order valence-electron chi connectivity index (χ3n) is 5.22. The van der Waals surface area contributed by atoms with Crippen LogP contribution in [-0.4, -0.2) is 36.0 Å². The SMILES string of the molecule is CC(NC(=O)c1cc(-c2cccnc2)ncn1)c1cc(-c2nc3ccc(C(F)(F)F)cc3[nH]2)on1. The first kappa shape index (κ1) is 22.2. The molecule has 176 valence electrons. The van der Waals surface area contributed by atoms with E-state index in [1.165, 1.54) is 12.4 Å². The number of aromatic amines is 1. The van der Waals surface area contributed by atoms with Gasteiger partial charge in [0.15, 0.2) is 5.82 Å². The molecule has 0 saturated heterocycles. The van der Waals surface area contributed by atoms with Crippen molar-refractivity contribution in [3.63, 3.8) is 0 Å². The largest absolute Gasteiger partial charge is 0.416 e. The number of amides is 1. The van der Waals surface area contributed by atoms with Gasteiger partial charge in [0, 0.05) is 24.0 Å². The Morgan fingerprint density at radius 1 is 1.14 bits per heavy atom. The Morgan fingerprint density at radius 3 is 2.77 bits per heavy atom. The van der Waals surface area contributed by atoms with Gasteiger partial charge in [-0.05, 0) is 43.3 Å². The molecule has 9 nitrogen and oxygen atoms in total. The number of aromatic nitrogens is 6. The number of imidazole rings is 1. The number of benzene rings is 1. The van der Waals surface area contributed by atoms with Crippen LogP contribution in [0, 0.1) is 0 Å². The van der Waals surface area contributed by atoms with Crippen molar-refractivity contribution in [2.75, 3.05) is 0 Å². The maximum atomic E-state index is 13.0. The molecule has 0 radical (unpaired) electrons. The molecule has 1 unspecified atom stereocenters. The van der Waals surface area contributed by atoms with Crippen LogP contribution in [0.4, 0.5) is 13.2 Å². The van der Waals surface area contributed by atoms with E-state index in [2.05, 4.69) is 35.4 Å². The molecule has 12 heteroatoms. The minimum absolute atomic E-state index is 0.159. The lowest BCUT2D eigenvalue weighted by Gasteiger charge is -2.10. The summed E-state index contributed by atoms with van der Waals surface area (Å²) in [5.74, 6) is -0.0155. The second-order valence-corrected chi connectivity index (χ2v) is 7.66. The number of rotatable bonds is 5. The van der Waals surface area contributed by atoms with Crippen LogP contribution in [0.25, 0.3) is 33.9 Å². The fourth-order valence-electron chi connectivity index (χ4n) is 3.41. The summed E-state index contributed by atoms with van der Waals surface area (Å²) in [4.78, 5) is 32.0. The third kappa shape index (κ3) is 4.58. The van der Waals surface area contributed by atoms with Gasteiger partial charge in [0.05, 0.1) is 28.3 Å². The van der Waals surface area contributed by atoms with Crippen LogP contribution in [0.2, 0.25) is 0 Å². The Kier molecular flexibility index (Phi) is 5.47. The highest BCUT2D eigenvalue weighted by molar-refractivity contribution is 5.93. The number of nitrogens with zero attached hydrogens (tertiary/aromatic N) is 5. The maximum absolute atomic E-state index is 13.0. The van der Waals surface area contributed by atoms with E-state index in [1.54, 1.807) is 37.5 Å². The molecule has 35 heavy (non-hydrogen) atoms. The van der Waals surface area contributed by atoms with E-state index in [-0.39, 0.29) is 22.8 Å². The topological polar surface area (TPSA) is 122 Å². The average molecular weight is 479 g/mol. The molecule has 1 aromatic carbocycles. The van der Waals surface area contributed by atoms with E-state index >= 15 is 0 Å². The van der Waals surface area contributed by atoms with E-state index < -0.39 is 23.7 Å². The zero-order chi connectivity index (χ0) is 24.6. The highest BCUT2D eigenvalue weighted by Crippen LogP contribution is 2.32. The Hall–Kier alpha value is -4.61. The molecule has 4 heterocycles. The first-order valence-electron chi connectivity index (χ1n) is 10.4. The summed E-state index contributed by atoms with van der Waals surface area (Å²) in [6, 6.07) is 9.34. The summed E-state index contributed by atoms with van der Waals surface area (Å²) >= 11 is 0. The predicted octanol–water partition coefficient (Wildman–Crippen LogP) is 4.58. The molecule has 0 aliphatic rings. The summed E-state index contributed by atoms with van der Waals surface area (Å²) < 4.78 is 44.2. The Balaban J connectivity index is 1.32. The number of halogens is 3. The first-order chi connectivity index (χ1) is 16.8. The lowest BCUT2D eigenvalue weighted by atomic mass is 10.1. The molecule has 0 aliphatic carbocycles. The summed E-state index contributed by atoms with van der Waals surface area (Å²) in [5, 5.41) is 6.74. The monoisotopic (exact) mass is 479 g/mol. The zero-order valence-corrected chi connectivity index (χ0v) is 18.0. The lowest BCUT2D eigenvalue weighted by molar-refractivity contribution is -0.137. The van der Waals surface area contributed by atoms with Gasteiger partial charge < -0.3 is 14.8 Å². The van der Waals surface area contributed by atoms with Crippen LogP contribution in [0.1, 0.15) is 34.7 Å². The molecule has 0 saturated carbocycles. The molecule has 0 spiro atoms. The molecular weight excluding hydrogens is 463 g/mol. The third-order valence-corrected chi connectivity index (χ3v) is 5.22. The Bertz CT molecular complexity index is 1510. The summed E-state index contributed by atoms with van der Waals surface area (Å²) in [6.07, 6.45) is 0.0969. The molecule has 0 aliphatic heterocycles. The molecule has 4 aromatic heterocycles. The van der Waals surface area contributed by atoms with Gasteiger partial charge >= 0.3 is 6.18 Å². The van der Waals surface area contributed by atoms with Gasteiger partial charge in [-0.25, -0.2) is 15.0 Å². The summed E-state index contributed by atoms with van der Waals surface area (Å²) in [6.45, 7) is 1.71. The minimum Gasteiger partial charge on any atom is -0.353 e. The Morgan fingerprint density at radius 2 is 2.00 bits per heavy atom. The smallest absolute Gasteiger partial charge is 0.353 e. The number of hydrogen-bond donors (Lipinski definition) is 2. The van der Waals surface area contributed by atoms with E-state index in [0.29, 0.717) is 16.9 Å². The number of nitrogens with one attached hydrogen (secondary N) is 2. The molecule has 0 fully saturated rings. The number of carbonyl (C=O) groups is 1. The van der Waals surface area contributed by atoms with E-state index in [0.717, 1.165) is 17.7 Å². The summed E-state index contributed by atoms with van der Waals surface area (Å²) in [7, 11) is 0. The van der Waals surface area contributed by atoms with Gasteiger partial charge in [-0.2, -0.15) is 13.2 Å². The molecular formula is C23H16F3N7O2. The van der Waals surface area contributed by atoms with Gasteiger partial charge in [-0.1, -0.05) is 5.16 Å². The standard InChI is InChI=1S/C23H16F3N7O2/c1-12(30-22(34)19-8-17(28-11-29-19)13-3-2-6-27-10-13)16-9-20(35-33-16)21-31-15-5-4-14(23(24,25)26)7-18(15)32-21/h2-12H,1H3,(H,30,34)(H,31,32). The van der Waals surface area contributed by atoms with Gasteiger partial charge in [-0.3, -0.25) is 9.78 Å². The lowest BCUT2D eigenvalue weighted by Crippen LogP contribution is -2.27. The van der Waals surface area contributed by atoms with Crippen molar-refractivity contribution in [3.05, 3.63) is 78.1 Å². The number of H-pyrrole nitrogens is 1. The van der Waals surface area contributed by atoms with E-state index in [1.807, 2.05) is 6.07 Å². The fourth-order valence-corrected chi connectivity index (χ4v) is 3.41. The zero-order valence-electron chi connectivity index (χ0n) is 18.0.